The summed E-state index contributed by atoms with van der Waals surface area (Å²) in [4.78, 5) is 52.8. The standard InChI is InChI=1S/C33H44N6O7Si/c1-21-30(47(3,4)44)28(14-17-38-20-25(15-18-40)36-37-38)46-33(21)26-19-24(35-31(42)22-8-10-23(34)11-9-22)12-13-27(26)39(32(33)43)16-6-5-7-29(41)45-2/h8-13,19-21,28,30,40,44H,5-7,14-18,34H2,1-4H3,(H,35,42)/t21-,28+,30-,33+/m1/s1. The van der Waals surface area contributed by atoms with E-state index in [-0.39, 0.29) is 36.4 Å². The van der Waals surface area contributed by atoms with Gasteiger partial charge in [0.1, 0.15) is 0 Å². The van der Waals surface area contributed by atoms with Gasteiger partial charge in [-0.25, -0.2) is 0 Å². The number of nitrogen functional groups attached to an aromatic ring is 1. The van der Waals surface area contributed by atoms with Crippen LogP contribution in [0.4, 0.5) is 17.1 Å². The minimum atomic E-state index is -2.90. The van der Waals surface area contributed by atoms with Crippen LogP contribution in [0, 0.1) is 5.92 Å². The third-order valence-corrected chi connectivity index (χ3v) is 11.8. The van der Waals surface area contributed by atoms with Crippen LogP contribution in [0.5, 0.6) is 0 Å². The Morgan fingerprint density at radius 2 is 1.89 bits per heavy atom. The van der Waals surface area contributed by atoms with E-state index in [9.17, 15) is 24.3 Å². The van der Waals surface area contributed by atoms with Crippen molar-refractivity contribution in [2.24, 2.45) is 5.92 Å². The summed E-state index contributed by atoms with van der Waals surface area (Å²) >= 11 is 0. The monoisotopic (exact) mass is 664 g/mol. The normalized spacial score (nSPS) is 22.1. The molecule has 14 heteroatoms. The highest BCUT2D eigenvalue weighted by molar-refractivity contribution is 6.71. The highest BCUT2D eigenvalue weighted by Crippen LogP contribution is 2.60. The van der Waals surface area contributed by atoms with Gasteiger partial charge in [0, 0.05) is 72.7 Å². The molecule has 0 aliphatic carbocycles. The van der Waals surface area contributed by atoms with Crippen LogP contribution in [-0.2, 0) is 37.6 Å². The molecular formula is C33H44N6O7Si. The molecular weight excluding hydrogens is 620 g/mol. The number of amides is 2. The maximum atomic E-state index is 14.6. The van der Waals surface area contributed by atoms with Crippen molar-refractivity contribution in [3.05, 3.63) is 65.5 Å². The lowest BCUT2D eigenvalue weighted by molar-refractivity contribution is -0.146. The number of nitrogens with two attached hydrogens (primary N) is 1. The van der Waals surface area contributed by atoms with Gasteiger partial charge in [-0.3, -0.25) is 19.1 Å². The van der Waals surface area contributed by atoms with Crippen LogP contribution < -0.4 is 16.0 Å². The van der Waals surface area contributed by atoms with Gasteiger partial charge >= 0.3 is 5.97 Å². The van der Waals surface area contributed by atoms with Gasteiger partial charge in [0.2, 0.25) is 0 Å². The van der Waals surface area contributed by atoms with E-state index in [0.717, 1.165) is 0 Å². The Kier molecular flexibility index (Phi) is 10.1. The number of aromatic nitrogens is 3. The summed E-state index contributed by atoms with van der Waals surface area (Å²) in [7, 11) is -1.55. The van der Waals surface area contributed by atoms with Gasteiger partial charge in [-0.15, -0.1) is 5.10 Å². The molecule has 0 bridgehead atoms. The van der Waals surface area contributed by atoms with Gasteiger partial charge in [0.05, 0.1) is 24.6 Å². The van der Waals surface area contributed by atoms with Gasteiger partial charge < -0.3 is 35.3 Å². The number of nitrogens with zero attached hydrogens (tertiary/aromatic N) is 4. The minimum Gasteiger partial charge on any atom is -0.469 e. The zero-order valence-corrected chi connectivity index (χ0v) is 28.3. The van der Waals surface area contributed by atoms with Crippen molar-refractivity contribution >= 4 is 43.2 Å². The SMILES string of the molecule is COC(=O)CCCCN1C(=O)[C@@]2(O[C@@H](CCn3cc(CCO)nn3)[C@H]([Si](C)(C)O)[C@H]2C)c2cc(NC(=O)c3ccc(N)cc3)ccc21. The molecule has 1 spiro atoms. The number of anilines is 3. The lowest BCUT2D eigenvalue weighted by Gasteiger charge is -2.32. The summed E-state index contributed by atoms with van der Waals surface area (Å²) in [6.07, 6.45) is 3.55. The summed E-state index contributed by atoms with van der Waals surface area (Å²) in [5, 5.41) is 20.5. The molecule has 2 aliphatic rings. The fourth-order valence-corrected chi connectivity index (χ4v) is 9.67. The van der Waals surface area contributed by atoms with Gasteiger partial charge in [0.25, 0.3) is 11.8 Å². The predicted molar refractivity (Wildman–Crippen MR) is 178 cm³/mol. The minimum absolute atomic E-state index is 0.0278. The molecule has 2 aromatic carbocycles. The largest absolute Gasteiger partial charge is 0.469 e. The third-order valence-electron chi connectivity index (χ3n) is 9.25. The quantitative estimate of drug-likeness (QED) is 0.0916. The zero-order valence-electron chi connectivity index (χ0n) is 27.3. The molecule has 3 heterocycles. The van der Waals surface area contributed by atoms with Gasteiger partial charge in [-0.2, -0.15) is 0 Å². The van der Waals surface area contributed by atoms with Crippen LogP contribution in [0.3, 0.4) is 0 Å². The molecule has 0 saturated carbocycles. The Morgan fingerprint density at radius 1 is 1.15 bits per heavy atom. The van der Waals surface area contributed by atoms with Gasteiger partial charge in [-0.05, 0) is 74.8 Å². The summed E-state index contributed by atoms with van der Waals surface area (Å²) in [6.45, 7) is 6.48. The number of hydrogen-bond donors (Lipinski definition) is 4. The second-order valence-electron chi connectivity index (χ2n) is 12.9. The van der Waals surface area contributed by atoms with E-state index in [4.69, 9.17) is 15.2 Å². The Labute approximate surface area is 275 Å². The first-order valence-electron chi connectivity index (χ1n) is 16.0. The Morgan fingerprint density at radius 3 is 2.57 bits per heavy atom. The second-order valence-corrected chi connectivity index (χ2v) is 16.9. The Hall–Kier alpha value is -4.11. The first-order valence-corrected chi connectivity index (χ1v) is 19.0. The van der Waals surface area contributed by atoms with Crippen molar-refractivity contribution in [1.29, 1.82) is 0 Å². The molecule has 1 saturated heterocycles. The van der Waals surface area contributed by atoms with Crippen molar-refractivity contribution < 1.29 is 33.8 Å². The molecule has 47 heavy (non-hydrogen) atoms. The van der Waals surface area contributed by atoms with Crippen molar-refractivity contribution in [3.8, 4) is 0 Å². The zero-order chi connectivity index (χ0) is 33.9. The second kappa shape index (κ2) is 13.9. The number of aliphatic hydroxyl groups is 1. The number of fused-ring (bicyclic) bond motifs is 2. The van der Waals surface area contributed by atoms with Crippen molar-refractivity contribution in [2.45, 2.75) is 75.9 Å². The Bertz CT molecular complexity index is 1610. The van der Waals surface area contributed by atoms with E-state index in [1.54, 1.807) is 52.2 Å². The Balaban J connectivity index is 1.48. The maximum Gasteiger partial charge on any atom is 0.305 e. The summed E-state index contributed by atoms with van der Waals surface area (Å²) in [5.74, 6) is -1.25. The van der Waals surface area contributed by atoms with Crippen LogP contribution in [0.25, 0.3) is 0 Å². The molecule has 3 aromatic rings. The maximum absolute atomic E-state index is 14.6. The van der Waals surface area contributed by atoms with E-state index >= 15 is 0 Å². The molecule has 13 nitrogen and oxygen atoms in total. The molecule has 1 aromatic heterocycles. The highest BCUT2D eigenvalue weighted by atomic mass is 28.4. The molecule has 2 aliphatic heterocycles. The number of aliphatic hydroxyl groups excluding tert-OH is 1. The van der Waals surface area contributed by atoms with Crippen molar-refractivity contribution in [2.75, 3.05) is 36.2 Å². The number of nitrogens with one attached hydrogen (secondary N) is 1. The molecule has 5 rings (SSSR count). The first kappa shape index (κ1) is 34.2. The van der Waals surface area contributed by atoms with E-state index in [0.29, 0.717) is 72.7 Å². The number of carbonyl (C=O) groups is 3. The highest BCUT2D eigenvalue weighted by Gasteiger charge is 2.66. The fraction of sp³-hybridized carbons (Fsp3) is 0.485. The number of benzene rings is 2. The van der Waals surface area contributed by atoms with Crippen LogP contribution in [0.1, 0.15) is 54.2 Å². The van der Waals surface area contributed by atoms with Crippen LogP contribution in [0.2, 0.25) is 18.6 Å². The van der Waals surface area contributed by atoms with Gasteiger partial charge in [0.15, 0.2) is 13.9 Å². The number of methoxy groups -OCH3 is 1. The molecule has 2 amide bonds. The lowest BCUT2D eigenvalue weighted by atomic mass is 9.82. The number of unbranched alkanes of at least 4 members (excludes halogenated alkanes) is 1. The number of esters is 1. The summed E-state index contributed by atoms with van der Waals surface area (Å²) in [6, 6.07) is 12.0. The molecule has 0 unspecified atom stereocenters. The number of aryl methyl sites for hydroxylation is 1. The van der Waals surface area contributed by atoms with Crippen LogP contribution in [0.15, 0.2) is 48.7 Å². The van der Waals surface area contributed by atoms with E-state index in [1.807, 2.05) is 26.1 Å². The van der Waals surface area contributed by atoms with Crippen LogP contribution in [-0.4, -0.2) is 77.4 Å². The average Bonchev–Trinajstić information content (AvgIpc) is 3.68. The molecule has 5 N–H and O–H groups in total. The van der Waals surface area contributed by atoms with E-state index in [2.05, 4.69) is 15.6 Å². The van der Waals surface area contributed by atoms with Gasteiger partial charge in [-0.1, -0.05) is 12.1 Å². The van der Waals surface area contributed by atoms with E-state index < -0.39 is 25.9 Å². The summed E-state index contributed by atoms with van der Waals surface area (Å²) in [5.41, 5.74) is 7.57. The smallest absolute Gasteiger partial charge is 0.305 e. The molecule has 0 radical (unpaired) electrons. The molecule has 4 atom stereocenters. The third kappa shape index (κ3) is 6.95. The number of rotatable bonds is 13. The van der Waals surface area contributed by atoms with E-state index in [1.165, 1.54) is 7.11 Å². The molecule has 1 fully saturated rings. The number of carbonyl (C=O) groups excluding carboxylic acids is 3. The fourth-order valence-electron chi connectivity index (χ4n) is 7.06. The topological polar surface area (TPSA) is 182 Å². The first-order chi connectivity index (χ1) is 22.4. The predicted octanol–water partition coefficient (Wildman–Crippen LogP) is 3.23. The number of ether oxygens (including phenoxy) is 2. The van der Waals surface area contributed by atoms with Crippen molar-refractivity contribution in [1.82, 2.24) is 15.0 Å². The lowest BCUT2D eigenvalue weighted by Crippen LogP contribution is -2.46. The summed E-state index contributed by atoms with van der Waals surface area (Å²) < 4.78 is 13.4. The van der Waals surface area contributed by atoms with Crippen LogP contribution >= 0.6 is 0 Å². The molecule has 252 valence electrons. The number of hydrogen-bond acceptors (Lipinski definition) is 10. The average molecular weight is 665 g/mol. The van der Waals surface area contributed by atoms with Crippen molar-refractivity contribution in [3.63, 3.8) is 0 Å².